The third kappa shape index (κ3) is 5.49. The minimum atomic E-state index is -4.39. The first-order valence-corrected chi connectivity index (χ1v) is 9.67. The standard InChI is InChI=1S/C20H23F3N8O2/c1-11-15-8-16(19(26-18(15)31(3)29-11)32-10-17(27-24)28-25)12(2)30-33-9-13-4-6-14(7-5-13)20(21,22)23/h4-8H,9-10,24-25H2,1-3H3,(H,27,28)/b30-12+. The Morgan fingerprint density at radius 3 is 2.55 bits per heavy atom. The van der Waals surface area contributed by atoms with Gasteiger partial charge in [0.25, 0.3) is 0 Å². The van der Waals surface area contributed by atoms with Gasteiger partial charge in [0.15, 0.2) is 18.1 Å². The number of benzene rings is 1. The molecule has 5 N–H and O–H groups in total. The SMILES string of the molecule is C/C(=N\OCc1ccc(C(F)(F)F)cc1)c1cc2c(C)nn(C)c2nc1OC/C(=N/N)NN. The number of nitrogens with one attached hydrogen (secondary N) is 1. The summed E-state index contributed by atoms with van der Waals surface area (Å²) < 4.78 is 45.5. The molecule has 2 heterocycles. The predicted octanol–water partition coefficient (Wildman–Crippen LogP) is 2.35. The summed E-state index contributed by atoms with van der Waals surface area (Å²) in [4.78, 5) is 9.89. The molecule has 3 aromatic rings. The van der Waals surface area contributed by atoms with Gasteiger partial charge in [0.2, 0.25) is 5.88 Å². The van der Waals surface area contributed by atoms with Gasteiger partial charge in [-0.2, -0.15) is 28.4 Å². The number of hydrazone groups is 1. The molecule has 0 radical (unpaired) electrons. The van der Waals surface area contributed by atoms with Crippen molar-refractivity contribution < 1.29 is 22.7 Å². The van der Waals surface area contributed by atoms with Crippen LogP contribution < -0.4 is 21.8 Å². The molecule has 0 fully saturated rings. The largest absolute Gasteiger partial charge is 0.469 e. The van der Waals surface area contributed by atoms with Crippen molar-refractivity contribution in [2.24, 2.45) is 29.0 Å². The summed E-state index contributed by atoms with van der Waals surface area (Å²) in [6, 6.07) is 6.47. The number of halogens is 3. The quantitative estimate of drug-likeness (QED) is 0.211. The summed E-state index contributed by atoms with van der Waals surface area (Å²) in [7, 11) is 1.76. The number of hydrogen-bond donors (Lipinski definition) is 3. The zero-order valence-corrected chi connectivity index (χ0v) is 18.1. The molecule has 3 rings (SSSR count). The zero-order valence-electron chi connectivity index (χ0n) is 18.1. The van der Waals surface area contributed by atoms with Crippen molar-refractivity contribution in [3.8, 4) is 5.88 Å². The fraction of sp³-hybridized carbons (Fsp3) is 0.300. The molecule has 0 aliphatic rings. The first-order chi connectivity index (χ1) is 15.6. The molecule has 0 saturated carbocycles. The second-order valence-electron chi connectivity index (χ2n) is 7.07. The van der Waals surface area contributed by atoms with Crippen LogP contribution in [0.1, 0.15) is 29.3 Å². The van der Waals surface area contributed by atoms with Crippen LogP contribution in [0.15, 0.2) is 40.6 Å². The molecule has 10 nitrogen and oxygen atoms in total. The number of oxime groups is 1. The number of hydrazine groups is 1. The average Bonchev–Trinajstić information content (AvgIpc) is 3.06. The van der Waals surface area contributed by atoms with Crippen molar-refractivity contribution in [1.82, 2.24) is 20.2 Å². The molecule has 0 spiro atoms. The number of alkyl halides is 3. The number of aromatic nitrogens is 3. The lowest BCUT2D eigenvalue weighted by Gasteiger charge is -2.12. The van der Waals surface area contributed by atoms with Gasteiger partial charge in [-0.1, -0.05) is 17.3 Å². The predicted molar refractivity (Wildman–Crippen MR) is 116 cm³/mol. The highest BCUT2D eigenvalue weighted by Crippen LogP contribution is 2.29. The fourth-order valence-corrected chi connectivity index (χ4v) is 2.99. The van der Waals surface area contributed by atoms with Gasteiger partial charge in [0.1, 0.15) is 6.61 Å². The van der Waals surface area contributed by atoms with Crippen molar-refractivity contribution in [3.63, 3.8) is 0 Å². The third-order valence-electron chi connectivity index (χ3n) is 4.74. The van der Waals surface area contributed by atoms with Crippen LogP contribution in [0.5, 0.6) is 5.88 Å². The number of nitrogens with two attached hydrogens (primary N) is 2. The van der Waals surface area contributed by atoms with E-state index in [2.05, 4.69) is 25.8 Å². The van der Waals surface area contributed by atoms with Gasteiger partial charge in [-0.25, -0.2) is 5.84 Å². The molecule has 176 valence electrons. The number of hydrogen-bond acceptors (Lipinski definition) is 8. The molecule has 0 unspecified atom stereocenters. The number of pyridine rings is 1. The van der Waals surface area contributed by atoms with Crippen LogP contribution in [0.2, 0.25) is 0 Å². The summed E-state index contributed by atoms with van der Waals surface area (Å²) in [5.41, 5.74) is 4.44. The van der Waals surface area contributed by atoms with Crippen molar-refractivity contribution in [2.45, 2.75) is 26.6 Å². The topological polar surface area (TPSA) is 138 Å². The van der Waals surface area contributed by atoms with E-state index < -0.39 is 11.7 Å². The van der Waals surface area contributed by atoms with E-state index in [9.17, 15) is 13.2 Å². The summed E-state index contributed by atoms with van der Waals surface area (Å²) in [6.07, 6.45) is -4.39. The van der Waals surface area contributed by atoms with Gasteiger partial charge in [0, 0.05) is 12.4 Å². The van der Waals surface area contributed by atoms with Gasteiger partial charge in [-0.3, -0.25) is 4.68 Å². The number of fused-ring (bicyclic) bond motifs is 1. The van der Waals surface area contributed by atoms with Crippen molar-refractivity contribution >= 4 is 22.6 Å². The lowest BCUT2D eigenvalue weighted by atomic mass is 10.1. The lowest BCUT2D eigenvalue weighted by Crippen LogP contribution is -2.35. The number of ether oxygens (including phenoxy) is 1. The summed E-state index contributed by atoms with van der Waals surface area (Å²) >= 11 is 0. The van der Waals surface area contributed by atoms with E-state index >= 15 is 0 Å². The van der Waals surface area contributed by atoms with E-state index in [0.29, 0.717) is 22.5 Å². The van der Waals surface area contributed by atoms with Crippen LogP contribution in [0, 0.1) is 6.92 Å². The summed E-state index contributed by atoms with van der Waals surface area (Å²) in [5, 5.41) is 12.7. The minimum Gasteiger partial charge on any atom is -0.469 e. The smallest absolute Gasteiger partial charge is 0.416 e. The van der Waals surface area contributed by atoms with E-state index in [0.717, 1.165) is 23.2 Å². The highest BCUT2D eigenvalue weighted by molar-refractivity contribution is 6.03. The second kappa shape index (κ2) is 9.73. The Hall–Kier alpha value is -3.87. The first-order valence-electron chi connectivity index (χ1n) is 9.67. The monoisotopic (exact) mass is 464 g/mol. The van der Waals surface area contributed by atoms with E-state index in [1.165, 1.54) is 12.1 Å². The molecule has 0 aliphatic carbocycles. The molecule has 0 amide bonds. The molecular weight excluding hydrogens is 441 g/mol. The van der Waals surface area contributed by atoms with E-state index in [4.69, 9.17) is 21.3 Å². The molecule has 2 aromatic heterocycles. The summed E-state index contributed by atoms with van der Waals surface area (Å²) in [6.45, 7) is 3.44. The van der Waals surface area contributed by atoms with Crippen LogP contribution in [0.3, 0.4) is 0 Å². The van der Waals surface area contributed by atoms with Crippen LogP contribution >= 0.6 is 0 Å². The number of rotatable bonds is 7. The molecule has 0 atom stereocenters. The Balaban J connectivity index is 1.84. The molecule has 0 bridgehead atoms. The Morgan fingerprint density at radius 1 is 1.24 bits per heavy atom. The third-order valence-corrected chi connectivity index (χ3v) is 4.74. The Morgan fingerprint density at radius 2 is 1.94 bits per heavy atom. The maximum atomic E-state index is 12.7. The highest BCUT2D eigenvalue weighted by Gasteiger charge is 2.29. The summed E-state index contributed by atoms with van der Waals surface area (Å²) in [5.74, 6) is 11.0. The fourth-order valence-electron chi connectivity index (χ4n) is 2.99. The normalized spacial score (nSPS) is 12.8. The zero-order chi connectivity index (χ0) is 24.2. The lowest BCUT2D eigenvalue weighted by molar-refractivity contribution is -0.137. The van der Waals surface area contributed by atoms with Crippen LogP contribution in [-0.4, -0.2) is 32.9 Å². The van der Waals surface area contributed by atoms with Crippen molar-refractivity contribution in [3.05, 3.63) is 52.7 Å². The van der Waals surface area contributed by atoms with Gasteiger partial charge < -0.3 is 20.8 Å². The Kier molecular flexibility index (Phi) is 7.01. The van der Waals surface area contributed by atoms with E-state index in [1.807, 2.05) is 13.0 Å². The van der Waals surface area contributed by atoms with Crippen molar-refractivity contribution in [2.75, 3.05) is 6.61 Å². The maximum absolute atomic E-state index is 12.7. The Labute approximate surface area is 187 Å². The Bertz CT molecular complexity index is 1190. The highest BCUT2D eigenvalue weighted by atomic mass is 19.4. The molecular formula is C20H23F3N8O2. The molecule has 33 heavy (non-hydrogen) atoms. The van der Waals surface area contributed by atoms with Crippen LogP contribution in [-0.2, 0) is 24.7 Å². The molecule has 1 aromatic carbocycles. The average molecular weight is 464 g/mol. The second-order valence-corrected chi connectivity index (χ2v) is 7.07. The van der Waals surface area contributed by atoms with Gasteiger partial charge in [-0.15, -0.1) is 0 Å². The van der Waals surface area contributed by atoms with Gasteiger partial charge in [0.05, 0.1) is 22.5 Å². The van der Waals surface area contributed by atoms with E-state index in [-0.39, 0.29) is 24.9 Å². The van der Waals surface area contributed by atoms with Crippen LogP contribution in [0.4, 0.5) is 13.2 Å². The van der Waals surface area contributed by atoms with Crippen LogP contribution in [0.25, 0.3) is 11.0 Å². The van der Waals surface area contributed by atoms with Crippen molar-refractivity contribution in [1.29, 1.82) is 0 Å². The number of aryl methyl sites for hydroxylation is 2. The molecule has 13 heteroatoms. The van der Waals surface area contributed by atoms with E-state index in [1.54, 1.807) is 18.7 Å². The molecule has 0 saturated heterocycles. The number of nitrogens with zero attached hydrogens (tertiary/aromatic N) is 5. The maximum Gasteiger partial charge on any atom is 0.416 e. The minimum absolute atomic E-state index is 0.0195. The first kappa shape index (κ1) is 23.8. The van der Waals surface area contributed by atoms with Gasteiger partial charge in [-0.05, 0) is 37.6 Å². The number of amidine groups is 1. The molecule has 0 aliphatic heterocycles. The van der Waals surface area contributed by atoms with Gasteiger partial charge >= 0.3 is 6.18 Å².